The summed E-state index contributed by atoms with van der Waals surface area (Å²) in [6, 6.07) is 15.3. The van der Waals surface area contributed by atoms with Crippen LogP contribution in [0, 0.1) is 35.8 Å². The topological polar surface area (TPSA) is 156 Å². The number of aromatic nitrogens is 4. The molecule has 0 unspecified atom stereocenters. The van der Waals surface area contributed by atoms with Crippen LogP contribution in [0.1, 0.15) is 11.4 Å². The third kappa shape index (κ3) is 3.12. The van der Waals surface area contributed by atoms with Crippen LogP contribution in [-0.4, -0.2) is 19.9 Å². The highest BCUT2D eigenvalue weighted by Crippen LogP contribution is 2.43. The van der Waals surface area contributed by atoms with Crippen LogP contribution in [0.5, 0.6) is 0 Å². The smallest absolute Gasteiger partial charge is 0.295 e. The lowest BCUT2D eigenvalue weighted by molar-refractivity contribution is 1.12. The minimum Gasteiger partial charge on any atom is -0.370 e. The molecule has 4 heterocycles. The monoisotopic (exact) mass is 466 g/mol. The van der Waals surface area contributed by atoms with Crippen LogP contribution in [0.15, 0.2) is 36.4 Å². The van der Waals surface area contributed by atoms with Crippen molar-refractivity contribution in [3.05, 3.63) is 70.6 Å². The zero-order chi connectivity index (χ0) is 24.8. The van der Waals surface area contributed by atoms with Gasteiger partial charge in [0.05, 0.1) is 22.7 Å². The van der Waals surface area contributed by atoms with E-state index in [0.717, 1.165) is 33.9 Å². The Morgan fingerprint density at radius 2 is 0.972 bits per heavy atom. The van der Waals surface area contributed by atoms with E-state index in [0.29, 0.717) is 23.3 Å². The van der Waals surface area contributed by atoms with Crippen molar-refractivity contribution in [2.75, 3.05) is 21.3 Å². The predicted octanol–water partition coefficient (Wildman–Crippen LogP) is 5.38. The number of nitrogens with one attached hydrogen (secondary N) is 4. The highest BCUT2D eigenvalue weighted by Gasteiger charge is 2.26. The Hall–Kier alpha value is -6.24. The number of nitrogens with zero attached hydrogens (tertiary/aromatic N) is 8. The minimum atomic E-state index is -0.0595. The summed E-state index contributed by atoms with van der Waals surface area (Å²) in [6.07, 6.45) is 0. The van der Waals surface area contributed by atoms with Gasteiger partial charge in [-0.1, -0.05) is 25.3 Å². The quantitative estimate of drug-likeness (QED) is 0.232. The van der Waals surface area contributed by atoms with Crippen molar-refractivity contribution < 1.29 is 0 Å². The third-order valence-electron chi connectivity index (χ3n) is 5.56. The number of hydrogen-bond acceptors (Lipinski definition) is 10. The first kappa shape index (κ1) is 20.4. The van der Waals surface area contributed by atoms with Gasteiger partial charge >= 0.3 is 0 Å². The van der Waals surface area contributed by atoms with Crippen molar-refractivity contribution in [3.8, 4) is 23.3 Å². The Kier molecular flexibility index (Phi) is 4.34. The van der Waals surface area contributed by atoms with Crippen molar-refractivity contribution in [3.63, 3.8) is 0 Å². The molecule has 4 aromatic rings. The number of fused-ring (bicyclic) bond motifs is 4. The molecule has 0 radical (unpaired) electrons. The average Bonchev–Trinajstić information content (AvgIpc) is 2.92. The first-order chi connectivity index (χ1) is 17.6. The molecule has 6 rings (SSSR count). The van der Waals surface area contributed by atoms with Gasteiger partial charge in [-0.15, -0.1) is 9.97 Å². The number of rotatable bonds is 1. The van der Waals surface area contributed by atoms with Crippen molar-refractivity contribution in [2.45, 2.75) is 0 Å². The predicted molar refractivity (Wildman–Crippen MR) is 131 cm³/mol. The highest BCUT2D eigenvalue weighted by atomic mass is 15.2. The van der Waals surface area contributed by atoms with Crippen LogP contribution in [0.4, 0.5) is 57.7 Å². The van der Waals surface area contributed by atoms with Crippen LogP contribution in [-0.2, 0) is 0 Å². The molecule has 0 saturated heterocycles. The zero-order valence-corrected chi connectivity index (χ0v) is 18.0. The molecule has 0 amide bonds. The summed E-state index contributed by atoms with van der Waals surface area (Å²) in [5.41, 5.74) is 4.69. The fourth-order valence-electron chi connectivity index (χ4n) is 3.89. The molecule has 0 spiro atoms. The van der Waals surface area contributed by atoms with Gasteiger partial charge in [0, 0.05) is 0 Å². The lowest BCUT2D eigenvalue weighted by Gasteiger charge is -2.22. The molecular formula is C24H10N12. The van der Waals surface area contributed by atoms with Gasteiger partial charge in [-0.05, 0) is 35.4 Å². The number of anilines is 8. The van der Waals surface area contributed by atoms with Gasteiger partial charge < -0.3 is 31.0 Å². The number of nitriles is 2. The molecular weight excluding hydrogens is 456 g/mol. The fourth-order valence-corrected chi connectivity index (χ4v) is 3.89. The summed E-state index contributed by atoms with van der Waals surface area (Å²) in [4.78, 5) is 23.4. The van der Waals surface area contributed by atoms with Gasteiger partial charge in [-0.2, -0.15) is 10.5 Å². The van der Waals surface area contributed by atoms with Crippen LogP contribution in [0.3, 0.4) is 0 Å². The number of benzene rings is 2. The van der Waals surface area contributed by atoms with Crippen molar-refractivity contribution in [1.82, 2.24) is 19.9 Å². The minimum absolute atomic E-state index is 0.0408. The summed E-state index contributed by atoms with van der Waals surface area (Å²) in [7, 11) is 0. The lowest BCUT2D eigenvalue weighted by atomic mass is 10.0. The van der Waals surface area contributed by atoms with Crippen LogP contribution < -0.4 is 21.3 Å². The molecule has 4 N–H and O–H groups in total. The third-order valence-corrected chi connectivity index (χ3v) is 5.56. The molecule has 0 atom stereocenters. The second-order valence-electron chi connectivity index (χ2n) is 7.65. The average molecular weight is 466 g/mol. The standard InChI is InChI=1S/C24H10N12/c1-27-19-20(28-2)36-24-23(35-19)30-14-6-4-12(8-16(14)32-24)11-3-5-13-15(7-11)31-22-21(29-13)33-17(9-25)18(10-26)34-22/h3-8H,(H,29,33)(H,30,35)(H,31,34)(H,32,36). The maximum absolute atomic E-state index is 9.25. The van der Waals surface area contributed by atoms with Gasteiger partial charge in [0.15, 0.2) is 23.0 Å². The van der Waals surface area contributed by atoms with Crippen molar-refractivity contribution in [1.29, 1.82) is 10.5 Å². The molecule has 0 bridgehead atoms. The van der Waals surface area contributed by atoms with Gasteiger partial charge in [0.1, 0.15) is 12.1 Å². The second-order valence-corrected chi connectivity index (χ2v) is 7.65. The molecule has 166 valence electrons. The van der Waals surface area contributed by atoms with E-state index in [2.05, 4.69) is 50.9 Å². The van der Waals surface area contributed by atoms with Crippen LogP contribution in [0.25, 0.3) is 20.8 Å². The molecule has 0 aliphatic carbocycles. The second kappa shape index (κ2) is 7.67. The maximum atomic E-state index is 9.25. The van der Waals surface area contributed by atoms with Crippen LogP contribution >= 0.6 is 0 Å². The lowest BCUT2D eigenvalue weighted by Crippen LogP contribution is -2.12. The van der Waals surface area contributed by atoms with E-state index in [9.17, 15) is 10.5 Å². The maximum Gasteiger partial charge on any atom is 0.295 e. The van der Waals surface area contributed by atoms with Crippen LogP contribution in [0.2, 0.25) is 0 Å². The molecule has 2 aliphatic heterocycles. The molecule has 12 heteroatoms. The molecule has 2 aromatic carbocycles. The van der Waals surface area contributed by atoms with Gasteiger partial charge in [-0.3, -0.25) is 0 Å². The zero-order valence-electron chi connectivity index (χ0n) is 18.0. The molecule has 0 saturated carbocycles. The first-order valence-electron chi connectivity index (χ1n) is 10.4. The SMILES string of the molecule is [C-]#[N+]c1nc2c(nc1[N+]#[C-])Nc1cc(-c3ccc4c(c3)Nc3nc(C#N)c(C#N)nc3N4)ccc1N2. The largest absolute Gasteiger partial charge is 0.370 e. The molecule has 12 nitrogen and oxygen atoms in total. The number of hydrogen-bond donors (Lipinski definition) is 4. The fraction of sp³-hybridized carbons (Fsp3) is 0. The molecule has 0 fully saturated rings. The summed E-state index contributed by atoms with van der Waals surface area (Å²) in [5, 5.41) is 31.1. The first-order valence-corrected chi connectivity index (χ1v) is 10.4. The van der Waals surface area contributed by atoms with Gasteiger partial charge in [0.25, 0.3) is 23.3 Å². The van der Waals surface area contributed by atoms with Gasteiger partial charge in [0.2, 0.25) is 0 Å². The molecule has 36 heavy (non-hydrogen) atoms. The Morgan fingerprint density at radius 3 is 1.36 bits per heavy atom. The van der Waals surface area contributed by atoms with E-state index in [1.165, 1.54) is 0 Å². The molecule has 2 aliphatic rings. The van der Waals surface area contributed by atoms with E-state index in [-0.39, 0.29) is 23.0 Å². The van der Waals surface area contributed by atoms with Gasteiger partial charge in [-0.25, -0.2) is 9.97 Å². The highest BCUT2D eigenvalue weighted by molar-refractivity contribution is 5.93. The molecule has 2 aromatic heterocycles. The van der Waals surface area contributed by atoms with E-state index in [1.54, 1.807) is 0 Å². The summed E-state index contributed by atoms with van der Waals surface area (Å²) in [6.45, 7) is 14.4. The Morgan fingerprint density at radius 1 is 0.583 bits per heavy atom. The van der Waals surface area contributed by atoms with E-state index in [1.807, 2.05) is 48.5 Å². The van der Waals surface area contributed by atoms with Crippen molar-refractivity contribution in [2.24, 2.45) is 0 Å². The Bertz CT molecular complexity index is 1660. The normalized spacial score (nSPS) is 11.6. The summed E-state index contributed by atoms with van der Waals surface area (Å²) in [5.74, 6) is 1.37. The van der Waals surface area contributed by atoms with E-state index < -0.39 is 0 Å². The summed E-state index contributed by atoms with van der Waals surface area (Å²) >= 11 is 0. The van der Waals surface area contributed by atoms with E-state index in [4.69, 9.17) is 13.1 Å². The Balaban J connectivity index is 1.33. The Labute approximate surface area is 203 Å². The van der Waals surface area contributed by atoms with E-state index >= 15 is 0 Å². The van der Waals surface area contributed by atoms with Crippen molar-refractivity contribution >= 4 is 57.7 Å². The summed E-state index contributed by atoms with van der Waals surface area (Å²) < 4.78 is 0.